The molecule has 0 saturated carbocycles. The van der Waals surface area contributed by atoms with Crippen molar-refractivity contribution in [1.29, 1.82) is 0 Å². The van der Waals surface area contributed by atoms with Crippen LogP contribution in [0.4, 0.5) is 0 Å². The summed E-state index contributed by atoms with van der Waals surface area (Å²) in [6.45, 7) is 0. The first kappa shape index (κ1) is 23.8. The van der Waals surface area contributed by atoms with E-state index in [2.05, 4.69) is 0 Å². The smallest absolute Gasteiger partial charge is 0.813 e. The molecular formula is H6NNaO3S2. The van der Waals surface area contributed by atoms with Crippen molar-refractivity contribution >= 4 is 24.9 Å². The molecular weight excluding hydrogens is 149 g/mol. The Kier molecular flexibility index (Phi) is 53.2. The molecule has 0 atom stereocenters. The largest absolute Gasteiger partial charge is 1.00 e. The average molecular weight is 155 g/mol. The summed E-state index contributed by atoms with van der Waals surface area (Å²) in [5, 5.41) is 0. The van der Waals surface area contributed by atoms with Crippen LogP contribution in [0.2, 0.25) is 0 Å². The van der Waals surface area contributed by atoms with Gasteiger partial charge in [0.05, 0.1) is 0 Å². The summed E-state index contributed by atoms with van der Waals surface area (Å²) in [4.78, 5) is 0. The quantitative estimate of drug-likeness (QED) is 0.147. The van der Waals surface area contributed by atoms with Gasteiger partial charge in [0.25, 0.3) is 11.4 Å². The SMILES string of the molecule is N.O=S(O)O.[Na+].[SH-]. The van der Waals surface area contributed by atoms with Crippen molar-refractivity contribution in [3.63, 3.8) is 0 Å². The van der Waals surface area contributed by atoms with Crippen LogP contribution in [-0.4, -0.2) is 13.3 Å². The van der Waals surface area contributed by atoms with Gasteiger partial charge in [-0.2, -0.15) is 4.21 Å². The van der Waals surface area contributed by atoms with E-state index in [-0.39, 0.29) is 49.2 Å². The summed E-state index contributed by atoms with van der Waals surface area (Å²) in [6.07, 6.45) is 0. The number of hydrogen-bond donors (Lipinski definition) is 3. The fourth-order valence-corrected chi connectivity index (χ4v) is 0. The van der Waals surface area contributed by atoms with E-state index in [1.165, 1.54) is 0 Å². The van der Waals surface area contributed by atoms with Crippen molar-refractivity contribution in [3.05, 3.63) is 0 Å². The third-order valence-corrected chi connectivity index (χ3v) is 0. The molecule has 0 saturated heterocycles. The topological polar surface area (TPSA) is 92.5 Å². The second kappa shape index (κ2) is 15.7. The van der Waals surface area contributed by atoms with Gasteiger partial charge in [0.1, 0.15) is 0 Å². The Balaban J connectivity index is -0.0000000150. The van der Waals surface area contributed by atoms with E-state index in [0.717, 1.165) is 0 Å². The molecule has 0 aromatic rings. The molecule has 42 valence electrons. The molecule has 0 bridgehead atoms. The zero-order valence-electron chi connectivity index (χ0n) is 3.87. The predicted octanol–water partition coefficient (Wildman–Crippen LogP) is -3.42. The summed E-state index contributed by atoms with van der Waals surface area (Å²) >= 11 is -2.61. The molecule has 0 aromatic carbocycles. The van der Waals surface area contributed by atoms with E-state index < -0.39 is 11.4 Å². The van der Waals surface area contributed by atoms with Gasteiger partial charge >= 0.3 is 29.6 Å². The fourth-order valence-electron chi connectivity index (χ4n) is 0. The Hall–Kier alpha value is 1.38. The summed E-state index contributed by atoms with van der Waals surface area (Å²) < 4.78 is 22.8. The van der Waals surface area contributed by atoms with Crippen molar-refractivity contribution in [2.24, 2.45) is 0 Å². The molecule has 5 N–H and O–H groups in total. The molecule has 0 radical (unpaired) electrons. The first-order valence-corrected chi connectivity index (χ1v) is 1.60. The summed E-state index contributed by atoms with van der Waals surface area (Å²) in [5.74, 6) is 0. The van der Waals surface area contributed by atoms with Crippen molar-refractivity contribution in [3.8, 4) is 0 Å². The number of rotatable bonds is 0. The Morgan fingerprint density at radius 2 is 1.29 bits per heavy atom. The number of hydrogen-bond acceptors (Lipinski definition) is 3. The minimum absolute atomic E-state index is 0. The van der Waals surface area contributed by atoms with Crippen LogP contribution >= 0.6 is 0 Å². The van der Waals surface area contributed by atoms with Crippen molar-refractivity contribution in [2.75, 3.05) is 0 Å². The van der Waals surface area contributed by atoms with E-state index >= 15 is 0 Å². The van der Waals surface area contributed by atoms with Gasteiger partial charge in [-0.25, -0.2) is 0 Å². The van der Waals surface area contributed by atoms with Gasteiger partial charge in [-0.05, 0) is 0 Å². The summed E-state index contributed by atoms with van der Waals surface area (Å²) in [6, 6.07) is 0. The molecule has 0 aromatic heterocycles. The van der Waals surface area contributed by atoms with E-state index in [1.807, 2.05) is 0 Å². The average Bonchev–Trinajstić information content (AvgIpc) is 0.811. The molecule has 0 spiro atoms. The molecule has 0 fully saturated rings. The normalized spacial score (nSPS) is 5.00. The molecule has 0 aliphatic carbocycles. The zero-order valence-corrected chi connectivity index (χ0v) is 7.58. The molecule has 0 unspecified atom stereocenters. The van der Waals surface area contributed by atoms with Crippen LogP contribution < -0.4 is 35.7 Å². The van der Waals surface area contributed by atoms with Crippen LogP contribution in [0.15, 0.2) is 0 Å². The molecule has 0 rings (SSSR count). The summed E-state index contributed by atoms with van der Waals surface area (Å²) in [5.41, 5.74) is 0. The van der Waals surface area contributed by atoms with Crippen molar-refractivity contribution < 1.29 is 42.9 Å². The minimum Gasteiger partial charge on any atom is -0.813 e. The maximum atomic E-state index is 8.67. The van der Waals surface area contributed by atoms with Gasteiger partial charge in [0.15, 0.2) is 0 Å². The monoisotopic (exact) mass is 155 g/mol. The Morgan fingerprint density at radius 1 is 1.29 bits per heavy atom. The van der Waals surface area contributed by atoms with Gasteiger partial charge in [-0.3, -0.25) is 9.11 Å². The van der Waals surface area contributed by atoms with Crippen molar-refractivity contribution in [2.45, 2.75) is 0 Å². The molecule has 0 amide bonds. The minimum atomic E-state index is -2.61. The fraction of sp³-hybridized carbons (Fsp3) is 0. The zero-order chi connectivity index (χ0) is 3.58. The Morgan fingerprint density at radius 3 is 1.29 bits per heavy atom. The third kappa shape index (κ3) is 112. The first-order chi connectivity index (χ1) is 1.73. The van der Waals surface area contributed by atoms with Crippen LogP contribution in [-0.2, 0) is 24.9 Å². The molecule has 0 aliphatic rings. The van der Waals surface area contributed by atoms with Gasteiger partial charge in [-0.1, -0.05) is 0 Å². The van der Waals surface area contributed by atoms with Crippen LogP contribution in [0.5, 0.6) is 0 Å². The molecule has 0 heterocycles. The molecule has 7 heavy (non-hydrogen) atoms. The number of thiol groups is 1. The van der Waals surface area contributed by atoms with E-state index in [0.29, 0.717) is 0 Å². The van der Waals surface area contributed by atoms with Gasteiger partial charge in [0, 0.05) is 0 Å². The second-order valence-corrected chi connectivity index (χ2v) is 0.692. The second-order valence-electron chi connectivity index (χ2n) is 0.231. The van der Waals surface area contributed by atoms with E-state index in [1.54, 1.807) is 0 Å². The van der Waals surface area contributed by atoms with Crippen LogP contribution in [0.1, 0.15) is 0 Å². The molecule has 7 heteroatoms. The van der Waals surface area contributed by atoms with Gasteiger partial charge in [-0.15, -0.1) is 0 Å². The third-order valence-electron chi connectivity index (χ3n) is 0. The Bertz CT molecular complexity index is 35.9. The van der Waals surface area contributed by atoms with Gasteiger partial charge < -0.3 is 19.6 Å². The van der Waals surface area contributed by atoms with Gasteiger partial charge in [0.2, 0.25) is 0 Å². The Labute approximate surface area is 73.5 Å². The maximum Gasteiger partial charge on any atom is 1.00 e. The van der Waals surface area contributed by atoms with E-state index in [4.69, 9.17) is 13.3 Å². The van der Waals surface area contributed by atoms with Crippen LogP contribution in [0, 0.1) is 0 Å². The van der Waals surface area contributed by atoms with Crippen LogP contribution in [0.25, 0.3) is 0 Å². The molecule has 0 aliphatic heterocycles. The summed E-state index contributed by atoms with van der Waals surface area (Å²) in [7, 11) is 0. The molecule has 4 nitrogen and oxygen atoms in total. The van der Waals surface area contributed by atoms with E-state index in [9.17, 15) is 0 Å². The first-order valence-electron chi connectivity index (χ1n) is 0.532. The van der Waals surface area contributed by atoms with Crippen molar-refractivity contribution in [1.82, 2.24) is 6.15 Å². The maximum absolute atomic E-state index is 8.67. The van der Waals surface area contributed by atoms with Crippen LogP contribution in [0.3, 0.4) is 0 Å². The predicted molar refractivity (Wildman–Crippen MR) is 27.2 cm³/mol. The standard InChI is InChI=1S/H3N.Na.H2O3S.H2S/c;;1-4(2)3;/h1H3;;(H2,1,2,3);1H2/q;+1;;/p-1.